The minimum atomic E-state index is -0.738. The van der Waals surface area contributed by atoms with E-state index >= 15 is 0 Å². The van der Waals surface area contributed by atoms with Gasteiger partial charge in [-0.2, -0.15) is 0 Å². The molecule has 1 aromatic heterocycles. The molecule has 0 amide bonds. The van der Waals surface area contributed by atoms with Crippen molar-refractivity contribution in [3.8, 4) is 0 Å². The number of nitrogens with one attached hydrogen (secondary N) is 1. The van der Waals surface area contributed by atoms with Crippen molar-refractivity contribution in [2.24, 2.45) is 5.92 Å². The highest BCUT2D eigenvalue weighted by molar-refractivity contribution is 7.17. The molecule has 0 bridgehead atoms. The number of hydrogen-bond acceptors (Lipinski definition) is 3. The second-order valence-electron chi connectivity index (χ2n) is 5.34. The molecule has 96 valence electrons. The van der Waals surface area contributed by atoms with Gasteiger partial charge in [-0.15, -0.1) is 11.3 Å². The van der Waals surface area contributed by atoms with Crippen molar-refractivity contribution in [1.29, 1.82) is 0 Å². The summed E-state index contributed by atoms with van der Waals surface area (Å²) in [5.41, 5.74) is 0.348. The topological polar surface area (TPSA) is 32.3 Å². The van der Waals surface area contributed by atoms with Gasteiger partial charge in [-0.3, -0.25) is 0 Å². The summed E-state index contributed by atoms with van der Waals surface area (Å²) >= 11 is 1.72. The number of benzene rings is 1. The average Bonchev–Trinajstić information content (AvgIpc) is 2.87. The molecule has 1 aliphatic heterocycles. The van der Waals surface area contributed by atoms with Gasteiger partial charge in [0.2, 0.25) is 0 Å². The summed E-state index contributed by atoms with van der Waals surface area (Å²) in [6.07, 6.45) is 2.25. The molecule has 2 atom stereocenters. The van der Waals surface area contributed by atoms with Crippen molar-refractivity contribution < 1.29 is 5.11 Å². The fourth-order valence-corrected chi connectivity index (χ4v) is 3.97. The van der Waals surface area contributed by atoms with Gasteiger partial charge in [-0.1, -0.05) is 18.2 Å². The summed E-state index contributed by atoms with van der Waals surface area (Å²) < 4.78 is 1.23. The van der Waals surface area contributed by atoms with Gasteiger partial charge in [0.1, 0.15) is 0 Å². The fraction of sp³-hybridized carbons (Fsp3) is 0.467. The molecule has 1 aromatic carbocycles. The maximum Gasteiger partial charge on any atom is 0.0922 e. The van der Waals surface area contributed by atoms with Crippen LogP contribution in [-0.2, 0) is 5.60 Å². The van der Waals surface area contributed by atoms with Crippen LogP contribution >= 0.6 is 11.3 Å². The van der Waals surface area contributed by atoms with E-state index in [1.165, 1.54) is 10.1 Å². The average molecular weight is 261 g/mol. The van der Waals surface area contributed by atoms with Gasteiger partial charge >= 0.3 is 0 Å². The predicted octanol–water partition coefficient (Wildman–Crippen LogP) is 3.11. The molecular weight excluding hydrogens is 242 g/mol. The number of fused-ring (bicyclic) bond motifs is 1. The van der Waals surface area contributed by atoms with Crippen LogP contribution < -0.4 is 5.32 Å². The molecule has 0 spiro atoms. The Morgan fingerprint density at radius 1 is 1.39 bits per heavy atom. The summed E-state index contributed by atoms with van der Waals surface area (Å²) in [6.45, 7) is 3.96. The van der Waals surface area contributed by atoms with Crippen LogP contribution in [0.3, 0.4) is 0 Å². The van der Waals surface area contributed by atoms with Crippen molar-refractivity contribution in [2.45, 2.75) is 25.4 Å². The van der Waals surface area contributed by atoms with E-state index in [0.717, 1.165) is 31.5 Å². The Morgan fingerprint density at radius 3 is 3.06 bits per heavy atom. The minimum Gasteiger partial charge on any atom is -0.385 e. The number of aliphatic hydroxyl groups is 1. The molecule has 3 heteroatoms. The summed E-state index contributed by atoms with van der Waals surface area (Å²) in [6, 6.07) is 8.37. The molecule has 2 nitrogen and oxygen atoms in total. The largest absolute Gasteiger partial charge is 0.385 e. The Kier molecular flexibility index (Phi) is 3.14. The van der Waals surface area contributed by atoms with Gasteiger partial charge in [-0.25, -0.2) is 0 Å². The highest BCUT2D eigenvalue weighted by Gasteiger charge is 2.35. The highest BCUT2D eigenvalue weighted by Crippen LogP contribution is 2.38. The van der Waals surface area contributed by atoms with E-state index < -0.39 is 5.60 Å². The standard InChI is InChI=1S/C15H19NOS/c1-15(17,12-5-3-8-16-10-12)13-6-2-4-11-7-9-18-14(11)13/h2,4,6-7,9,12,16-17H,3,5,8,10H2,1H3. The first-order chi connectivity index (χ1) is 8.69. The molecule has 0 saturated carbocycles. The van der Waals surface area contributed by atoms with Crippen LogP contribution in [0.4, 0.5) is 0 Å². The number of piperidine rings is 1. The molecule has 1 fully saturated rings. The number of hydrogen-bond donors (Lipinski definition) is 2. The first-order valence-corrected chi connectivity index (χ1v) is 7.47. The minimum absolute atomic E-state index is 0.305. The van der Waals surface area contributed by atoms with Crippen LogP contribution in [0, 0.1) is 5.92 Å². The van der Waals surface area contributed by atoms with E-state index in [4.69, 9.17) is 0 Å². The summed E-state index contributed by atoms with van der Waals surface area (Å²) in [5, 5.41) is 17.7. The second kappa shape index (κ2) is 4.65. The van der Waals surface area contributed by atoms with Crippen LogP contribution in [0.25, 0.3) is 10.1 Å². The molecule has 0 radical (unpaired) electrons. The Morgan fingerprint density at radius 2 is 2.28 bits per heavy atom. The summed E-state index contributed by atoms with van der Waals surface area (Å²) in [7, 11) is 0. The smallest absolute Gasteiger partial charge is 0.0922 e. The van der Waals surface area contributed by atoms with Crippen LogP contribution in [0.15, 0.2) is 29.6 Å². The van der Waals surface area contributed by atoms with Crippen molar-refractivity contribution >= 4 is 21.4 Å². The van der Waals surface area contributed by atoms with E-state index in [9.17, 15) is 5.11 Å². The van der Waals surface area contributed by atoms with Gasteiger partial charge < -0.3 is 10.4 Å². The van der Waals surface area contributed by atoms with Gasteiger partial charge in [0.25, 0.3) is 0 Å². The van der Waals surface area contributed by atoms with E-state index in [0.29, 0.717) is 5.92 Å². The number of rotatable bonds is 2. The second-order valence-corrected chi connectivity index (χ2v) is 6.25. The quantitative estimate of drug-likeness (QED) is 0.870. The molecular formula is C15H19NOS. The molecule has 3 rings (SSSR count). The molecule has 2 unspecified atom stereocenters. The van der Waals surface area contributed by atoms with Crippen molar-refractivity contribution in [3.05, 3.63) is 35.2 Å². The maximum atomic E-state index is 11.0. The van der Waals surface area contributed by atoms with E-state index in [1.54, 1.807) is 11.3 Å². The van der Waals surface area contributed by atoms with Gasteiger partial charge in [-0.05, 0) is 43.1 Å². The molecule has 0 aliphatic carbocycles. The summed E-state index contributed by atoms with van der Waals surface area (Å²) in [4.78, 5) is 0. The van der Waals surface area contributed by atoms with Crippen molar-refractivity contribution in [2.75, 3.05) is 13.1 Å². The zero-order chi connectivity index (χ0) is 12.6. The monoisotopic (exact) mass is 261 g/mol. The highest BCUT2D eigenvalue weighted by atomic mass is 32.1. The third-order valence-corrected chi connectivity index (χ3v) is 5.08. The Bertz CT molecular complexity index is 540. The maximum absolute atomic E-state index is 11.0. The van der Waals surface area contributed by atoms with E-state index in [1.807, 2.05) is 6.92 Å². The summed E-state index contributed by atoms with van der Waals surface area (Å²) in [5.74, 6) is 0.305. The zero-order valence-electron chi connectivity index (χ0n) is 10.6. The Labute approximate surface area is 112 Å². The predicted molar refractivity (Wildman–Crippen MR) is 77.0 cm³/mol. The van der Waals surface area contributed by atoms with Crippen molar-refractivity contribution in [1.82, 2.24) is 5.32 Å². The molecule has 1 aliphatic rings. The number of thiophene rings is 1. The van der Waals surface area contributed by atoms with Crippen LogP contribution in [0.2, 0.25) is 0 Å². The molecule has 2 N–H and O–H groups in total. The fourth-order valence-electron chi connectivity index (χ4n) is 2.94. The van der Waals surface area contributed by atoms with Crippen LogP contribution in [0.5, 0.6) is 0 Å². The Balaban J connectivity index is 2.03. The zero-order valence-corrected chi connectivity index (χ0v) is 11.5. The lowest BCUT2D eigenvalue weighted by molar-refractivity contribution is -0.0142. The molecule has 2 heterocycles. The SMILES string of the molecule is CC(O)(c1cccc2ccsc12)C1CCCNC1. The first kappa shape index (κ1) is 12.2. The van der Waals surface area contributed by atoms with Crippen molar-refractivity contribution in [3.63, 3.8) is 0 Å². The Hall–Kier alpha value is -0.900. The van der Waals surface area contributed by atoms with Gasteiger partial charge in [0.05, 0.1) is 5.60 Å². The lowest BCUT2D eigenvalue weighted by Gasteiger charge is -2.36. The normalized spacial score (nSPS) is 24.0. The van der Waals surface area contributed by atoms with Crippen LogP contribution in [-0.4, -0.2) is 18.2 Å². The lowest BCUT2D eigenvalue weighted by Crippen LogP contribution is -2.42. The lowest BCUT2D eigenvalue weighted by atomic mass is 9.78. The molecule has 18 heavy (non-hydrogen) atoms. The third kappa shape index (κ3) is 1.96. The van der Waals surface area contributed by atoms with E-state index in [2.05, 4.69) is 35.0 Å². The van der Waals surface area contributed by atoms with Crippen LogP contribution in [0.1, 0.15) is 25.3 Å². The van der Waals surface area contributed by atoms with E-state index in [-0.39, 0.29) is 0 Å². The first-order valence-electron chi connectivity index (χ1n) is 6.59. The molecule has 1 saturated heterocycles. The third-order valence-electron chi connectivity index (χ3n) is 4.12. The van der Waals surface area contributed by atoms with Gasteiger partial charge in [0, 0.05) is 22.7 Å². The van der Waals surface area contributed by atoms with Gasteiger partial charge in [0.15, 0.2) is 0 Å². The molecule has 2 aromatic rings.